The summed E-state index contributed by atoms with van der Waals surface area (Å²) in [6, 6.07) is 3.67. The quantitative estimate of drug-likeness (QED) is 0.676. The number of hydrogen-bond acceptors (Lipinski definition) is 8. The number of nitrogens with zero attached hydrogens (tertiary/aromatic N) is 4. The van der Waals surface area contributed by atoms with E-state index in [1.807, 2.05) is 12.1 Å². The summed E-state index contributed by atoms with van der Waals surface area (Å²) in [5, 5.41) is 15.0. The summed E-state index contributed by atoms with van der Waals surface area (Å²) in [4.78, 5) is 8.07. The van der Waals surface area contributed by atoms with Gasteiger partial charge in [-0.1, -0.05) is 17.8 Å². The molecule has 0 bridgehead atoms. The standard InChI is InChI=1S/C19H24N4O4S/c1-25-13-8-7-12(15(26-2)16(13)27-3)14(22-9-5-4-6-10-22)17-18(24)23-19(28-17)20-11-21-23/h7-8,11,14,24H,4-6,9-10H2,1-3H3. The molecule has 1 saturated heterocycles. The molecule has 4 rings (SSSR count). The van der Waals surface area contributed by atoms with Crippen LogP contribution in [0.15, 0.2) is 18.5 Å². The first-order valence-corrected chi connectivity index (χ1v) is 10.1. The largest absolute Gasteiger partial charge is 0.493 e. The van der Waals surface area contributed by atoms with Crippen molar-refractivity contribution in [1.82, 2.24) is 19.5 Å². The van der Waals surface area contributed by atoms with Gasteiger partial charge in [-0.05, 0) is 38.1 Å². The molecule has 0 saturated carbocycles. The van der Waals surface area contributed by atoms with Crippen LogP contribution in [0.3, 0.4) is 0 Å². The summed E-state index contributed by atoms with van der Waals surface area (Å²) in [7, 11) is 4.82. The normalized spacial score (nSPS) is 16.2. The summed E-state index contributed by atoms with van der Waals surface area (Å²) in [5.74, 6) is 1.87. The van der Waals surface area contributed by atoms with Crippen LogP contribution < -0.4 is 14.2 Å². The fourth-order valence-corrected chi connectivity index (χ4v) is 4.97. The third kappa shape index (κ3) is 3.04. The van der Waals surface area contributed by atoms with Gasteiger partial charge in [-0.15, -0.1) is 0 Å². The van der Waals surface area contributed by atoms with E-state index in [1.165, 1.54) is 28.6 Å². The zero-order chi connectivity index (χ0) is 19.7. The molecule has 3 aromatic rings. The molecule has 0 amide bonds. The van der Waals surface area contributed by atoms with Crippen LogP contribution in [0.4, 0.5) is 0 Å². The average Bonchev–Trinajstić information content (AvgIpc) is 3.32. The topological polar surface area (TPSA) is 81.4 Å². The van der Waals surface area contributed by atoms with Crippen molar-refractivity contribution in [2.45, 2.75) is 25.3 Å². The first kappa shape index (κ1) is 18.8. The minimum Gasteiger partial charge on any atom is -0.493 e. The van der Waals surface area contributed by atoms with Crippen LogP contribution in [0.5, 0.6) is 23.1 Å². The second-order valence-corrected chi connectivity index (χ2v) is 7.68. The van der Waals surface area contributed by atoms with Gasteiger partial charge in [-0.2, -0.15) is 9.61 Å². The van der Waals surface area contributed by atoms with E-state index < -0.39 is 0 Å². The number of methoxy groups -OCH3 is 3. The predicted octanol–water partition coefficient (Wildman–Crippen LogP) is 3.10. The highest BCUT2D eigenvalue weighted by molar-refractivity contribution is 7.17. The molecule has 8 nitrogen and oxygen atoms in total. The zero-order valence-electron chi connectivity index (χ0n) is 16.2. The van der Waals surface area contributed by atoms with Crippen LogP contribution in [0.25, 0.3) is 4.96 Å². The molecule has 0 aliphatic carbocycles. The summed E-state index contributed by atoms with van der Waals surface area (Å²) in [6.07, 6.45) is 4.90. The van der Waals surface area contributed by atoms with E-state index in [0.717, 1.165) is 36.4 Å². The third-order valence-electron chi connectivity index (χ3n) is 5.17. The van der Waals surface area contributed by atoms with Crippen molar-refractivity contribution in [1.29, 1.82) is 0 Å². The number of fused-ring (bicyclic) bond motifs is 1. The number of likely N-dealkylation sites (tertiary alicyclic amines) is 1. The molecule has 1 N–H and O–H groups in total. The number of aromatic nitrogens is 3. The van der Waals surface area contributed by atoms with E-state index in [4.69, 9.17) is 14.2 Å². The Labute approximate surface area is 167 Å². The summed E-state index contributed by atoms with van der Waals surface area (Å²) in [6.45, 7) is 1.88. The summed E-state index contributed by atoms with van der Waals surface area (Å²) < 4.78 is 18.3. The molecule has 1 fully saturated rings. The van der Waals surface area contributed by atoms with E-state index in [1.54, 1.807) is 21.3 Å². The van der Waals surface area contributed by atoms with Gasteiger partial charge in [0.15, 0.2) is 11.5 Å². The molecule has 1 aromatic carbocycles. The molecular formula is C19H24N4O4S. The molecule has 9 heteroatoms. The van der Waals surface area contributed by atoms with Crippen LogP contribution in [0.1, 0.15) is 35.7 Å². The predicted molar refractivity (Wildman–Crippen MR) is 106 cm³/mol. The van der Waals surface area contributed by atoms with Crippen LogP contribution >= 0.6 is 11.3 Å². The minimum atomic E-state index is -0.191. The fraction of sp³-hybridized carbons (Fsp3) is 0.474. The Morgan fingerprint density at radius 2 is 1.79 bits per heavy atom. The molecule has 2 aromatic heterocycles. The molecule has 150 valence electrons. The van der Waals surface area contributed by atoms with Crippen LogP contribution in [0, 0.1) is 0 Å². The van der Waals surface area contributed by atoms with Gasteiger partial charge in [-0.25, -0.2) is 4.98 Å². The van der Waals surface area contributed by atoms with Crippen molar-refractivity contribution in [3.05, 3.63) is 28.9 Å². The summed E-state index contributed by atoms with van der Waals surface area (Å²) in [5.41, 5.74) is 0.918. The molecule has 1 aliphatic rings. The number of thiazole rings is 1. The van der Waals surface area contributed by atoms with E-state index in [2.05, 4.69) is 15.0 Å². The highest BCUT2D eigenvalue weighted by Crippen LogP contribution is 2.48. The van der Waals surface area contributed by atoms with Crippen molar-refractivity contribution >= 4 is 16.3 Å². The van der Waals surface area contributed by atoms with Gasteiger partial charge in [0.25, 0.3) is 0 Å². The number of benzene rings is 1. The molecule has 3 heterocycles. The van der Waals surface area contributed by atoms with Crippen LogP contribution in [0.2, 0.25) is 0 Å². The maximum Gasteiger partial charge on any atom is 0.230 e. The number of piperidine rings is 1. The molecular weight excluding hydrogens is 380 g/mol. The molecule has 1 atom stereocenters. The van der Waals surface area contributed by atoms with Crippen molar-refractivity contribution in [2.24, 2.45) is 0 Å². The van der Waals surface area contributed by atoms with Crippen molar-refractivity contribution in [2.75, 3.05) is 34.4 Å². The Balaban J connectivity index is 1.91. The van der Waals surface area contributed by atoms with E-state index in [0.29, 0.717) is 22.2 Å². The Kier molecular flexibility index (Phi) is 5.27. The fourth-order valence-electron chi connectivity index (χ4n) is 3.89. The van der Waals surface area contributed by atoms with Crippen molar-refractivity contribution < 1.29 is 19.3 Å². The van der Waals surface area contributed by atoms with Gasteiger partial charge in [-0.3, -0.25) is 4.90 Å². The Bertz CT molecular complexity index is 964. The molecule has 28 heavy (non-hydrogen) atoms. The van der Waals surface area contributed by atoms with Gasteiger partial charge in [0, 0.05) is 5.56 Å². The lowest BCUT2D eigenvalue weighted by atomic mass is 9.98. The maximum atomic E-state index is 10.9. The molecule has 0 radical (unpaired) electrons. The number of rotatable bonds is 6. The van der Waals surface area contributed by atoms with E-state index in [-0.39, 0.29) is 11.9 Å². The van der Waals surface area contributed by atoms with Crippen molar-refractivity contribution in [3.63, 3.8) is 0 Å². The number of aromatic hydroxyl groups is 1. The van der Waals surface area contributed by atoms with Crippen molar-refractivity contribution in [3.8, 4) is 23.1 Å². The van der Waals surface area contributed by atoms with Crippen LogP contribution in [-0.4, -0.2) is 59.0 Å². The maximum absolute atomic E-state index is 10.9. The zero-order valence-corrected chi connectivity index (χ0v) is 17.0. The SMILES string of the molecule is COc1ccc(C(c2sc3ncnn3c2O)N2CCCCC2)c(OC)c1OC. The molecule has 0 spiro atoms. The van der Waals surface area contributed by atoms with E-state index in [9.17, 15) is 5.11 Å². The Hall–Kier alpha value is -2.52. The lowest BCUT2D eigenvalue weighted by molar-refractivity contribution is 0.183. The smallest absolute Gasteiger partial charge is 0.230 e. The van der Waals surface area contributed by atoms with Gasteiger partial charge in [0.2, 0.25) is 16.6 Å². The average molecular weight is 404 g/mol. The van der Waals surface area contributed by atoms with Gasteiger partial charge < -0.3 is 19.3 Å². The third-order valence-corrected chi connectivity index (χ3v) is 6.26. The molecule has 1 unspecified atom stereocenters. The van der Waals surface area contributed by atoms with Gasteiger partial charge in [0.1, 0.15) is 6.33 Å². The lowest BCUT2D eigenvalue weighted by Gasteiger charge is -2.35. The highest BCUT2D eigenvalue weighted by Gasteiger charge is 2.33. The minimum absolute atomic E-state index is 0.116. The second kappa shape index (κ2) is 7.84. The van der Waals surface area contributed by atoms with Gasteiger partial charge in [0.05, 0.1) is 32.2 Å². The summed E-state index contributed by atoms with van der Waals surface area (Å²) >= 11 is 1.44. The Morgan fingerprint density at radius 1 is 1.04 bits per heavy atom. The number of ether oxygens (including phenoxy) is 3. The van der Waals surface area contributed by atoms with Crippen LogP contribution in [-0.2, 0) is 0 Å². The van der Waals surface area contributed by atoms with Gasteiger partial charge >= 0.3 is 0 Å². The molecule has 1 aliphatic heterocycles. The number of hydrogen-bond donors (Lipinski definition) is 1. The first-order chi connectivity index (χ1) is 13.7. The lowest BCUT2D eigenvalue weighted by Crippen LogP contribution is -2.34. The highest BCUT2D eigenvalue weighted by atomic mass is 32.1. The second-order valence-electron chi connectivity index (χ2n) is 6.67. The van der Waals surface area contributed by atoms with E-state index >= 15 is 0 Å². The Morgan fingerprint density at radius 3 is 2.43 bits per heavy atom. The first-order valence-electron chi connectivity index (χ1n) is 9.23. The monoisotopic (exact) mass is 404 g/mol.